The van der Waals surface area contributed by atoms with Crippen LogP contribution >= 0.6 is 11.6 Å². The second-order valence-corrected chi connectivity index (χ2v) is 6.04. The molecule has 2 amide bonds. The molecular weight excluding hydrogens is 302 g/mol. The van der Waals surface area contributed by atoms with Crippen LogP contribution in [0.25, 0.3) is 0 Å². The summed E-state index contributed by atoms with van der Waals surface area (Å²) in [5.74, 6) is 0.757. The highest BCUT2D eigenvalue weighted by molar-refractivity contribution is 6.31. The van der Waals surface area contributed by atoms with E-state index in [1.807, 2.05) is 32.0 Å². The number of hydrogen-bond acceptors (Lipinski definition) is 3. The zero-order valence-electron chi connectivity index (χ0n) is 12.6. The topological polar surface area (TPSA) is 58.4 Å². The number of carbonyl (C=O) groups excluding carboxylic acids is 1. The van der Waals surface area contributed by atoms with Gasteiger partial charge in [0.25, 0.3) is 0 Å². The molecule has 6 heteroatoms. The van der Waals surface area contributed by atoms with Crippen molar-refractivity contribution in [1.82, 2.24) is 10.1 Å². The number of amides is 2. The lowest BCUT2D eigenvalue weighted by atomic mass is 10.1. The maximum atomic E-state index is 12.6. The zero-order chi connectivity index (χ0) is 15.7. The molecule has 1 fully saturated rings. The van der Waals surface area contributed by atoms with Gasteiger partial charge in [-0.1, -0.05) is 22.8 Å². The van der Waals surface area contributed by atoms with Gasteiger partial charge in [-0.2, -0.15) is 0 Å². The van der Waals surface area contributed by atoms with Crippen LogP contribution in [0.15, 0.2) is 28.8 Å². The Bertz CT molecular complexity index is 698. The Morgan fingerprint density at radius 3 is 2.95 bits per heavy atom. The van der Waals surface area contributed by atoms with Crippen molar-refractivity contribution in [3.8, 4) is 0 Å². The molecular formula is C16H18ClN3O2. The van der Waals surface area contributed by atoms with Gasteiger partial charge in [-0.25, -0.2) is 4.79 Å². The van der Waals surface area contributed by atoms with Crippen LogP contribution in [0, 0.1) is 13.8 Å². The molecule has 2 heterocycles. The van der Waals surface area contributed by atoms with E-state index in [1.165, 1.54) is 0 Å². The molecule has 0 radical (unpaired) electrons. The Morgan fingerprint density at radius 2 is 2.23 bits per heavy atom. The smallest absolute Gasteiger partial charge is 0.322 e. The van der Waals surface area contributed by atoms with Crippen LogP contribution in [-0.4, -0.2) is 22.6 Å². The summed E-state index contributed by atoms with van der Waals surface area (Å²) in [5, 5.41) is 7.60. The molecule has 22 heavy (non-hydrogen) atoms. The summed E-state index contributed by atoms with van der Waals surface area (Å²) in [5.41, 5.74) is 2.53. The molecule has 0 bridgehead atoms. The molecule has 1 unspecified atom stereocenters. The number of rotatable bonds is 2. The number of likely N-dealkylation sites (tertiary alicyclic amines) is 1. The van der Waals surface area contributed by atoms with Crippen LogP contribution in [0.3, 0.4) is 0 Å². The Balaban J connectivity index is 1.77. The van der Waals surface area contributed by atoms with Gasteiger partial charge in [0.2, 0.25) is 0 Å². The molecule has 1 aliphatic heterocycles. The van der Waals surface area contributed by atoms with Crippen molar-refractivity contribution in [2.45, 2.75) is 32.7 Å². The summed E-state index contributed by atoms with van der Waals surface area (Å²) >= 11 is 6.00. The van der Waals surface area contributed by atoms with Crippen LogP contribution < -0.4 is 5.32 Å². The maximum Gasteiger partial charge on any atom is 0.322 e. The number of anilines is 1. The lowest BCUT2D eigenvalue weighted by Gasteiger charge is -2.23. The van der Waals surface area contributed by atoms with E-state index >= 15 is 0 Å². The highest BCUT2D eigenvalue weighted by atomic mass is 35.5. The number of aromatic nitrogens is 1. The summed E-state index contributed by atoms with van der Waals surface area (Å²) in [6, 6.07) is 7.19. The fraction of sp³-hybridized carbons (Fsp3) is 0.375. The van der Waals surface area contributed by atoms with E-state index in [1.54, 1.807) is 11.0 Å². The summed E-state index contributed by atoms with van der Waals surface area (Å²) in [6.07, 6.45) is 1.85. The molecule has 116 valence electrons. The van der Waals surface area contributed by atoms with Gasteiger partial charge in [0.05, 0.1) is 6.04 Å². The second kappa shape index (κ2) is 6.01. The number of halogens is 1. The largest absolute Gasteiger partial charge is 0.361 e. The van der Waals surface area contributed by atoms with Crippen molar-refractivity contribution >= 4 is 23.3 Å². The number of hydrogen-bond donors (Lipinski definition) is 1. The van der Waals surface area contributed by atoms with Crippen LogP contribution in [0.2, 0.25) is 5.02 Å². The van der Waals surface area contributed by atoms with Gasteiger partial charge in [-0.05, 0) is 44.4 Å². The molecule has 1 aliphatic rings. The highest BCUT2D eigenvalue weighted by Crippen LogP contribution is 2.32. The van der Waals surface area contributed by atoms with Gasteiger partial charge in [0.1, 0.15) is 11.5 Å². The molecule has 1 N–H and O–H groups in total. The number of carbonyl (C=O) groups is 1. The van der Waals surface area contributed by atoms with Crippen molar-refractivity contribution in [2.24, 2.45) is 0 Å². The average Bonchev–Trinajstić information content (AvgIpc) is 3.11. The van der Waals surface area contributed by atoms with Crippen LogP contribution in [0.5, 0.6) is 0 Å². The molecule has 1 atom stereocenters. The molecule has 0 aliphatic carbocycles. The minimum absolute atomic E-state index is 0.0306. The van der Waals surface area contributed by atoms with Gasteiger partial charge in [0.15, 0.2) is 0 Å². The third-order valence-corrected chi connectivity index (χ3v) is 4.18. The third kappa shape index (κ3) is 2.95. The molecule has 1 saturated heterocycles. The van der Waals surface area contributed by atoms with Crippen molar-refractivity contribution in [2.75, 3.05) is 11.9 Å². The molecule has 1 aromatic carbocycles. The van der Waals surface area contributed by atoms with E-state index in [0.717, 1.165) is 35.5 Å². The molecule has 2 aromatic rings. The minimum Gasteiger partial charge on any atom is -0.361 e. The highest BCUT2D eigenvalue weighted by Gasteiger charge is 2.32. The molecule has 0 spiro atoms. The normalized spacial score (nSPS) is 17.8. The Morgan fingerprint density at radius 1 is 1.41 bits per heavy atom. The first kappa shape index (κ1) is 14.9. The Hall–Kier alpha value is -2.01. The first-order chi connectivity index (χ1) is 10.5. The number of benzene rings is 1. The van der Waals surface area contributed by atoms with Gasteiger partial charge in [0, 0.05) is 23.3 Å². The van der Waals surface area contributed by atoms with E-state index < -0.39 is 0 Å². The zero-order valence-corrected chi connectivity index (χ0v) is 13.4. The van der Waals surface area contributed by atoms with Gasteiger partial charge in [-0.15, -0.1) is 0 Å². The number of nitrogens with zero attached hydrogens (tertiary/aromatic N) is 2. The Labute approximate surface area is 134 Å². The van der Waals surface area contributed by atoms with Crippen molar-refractivity contribution in [3.05, 3.63) is 46.3 Å². The van der Waals surface area contributed by atoms with Gasteiger partial charge < -0.3 is 14.7 Å². The first-order valence-corrected chi connectivity index (χ1v) is 7.69. The fourth-order valence-corrected chi connectivity index (χ4v) is 2.95. The average molecular weight is 320 g/mol. The second-order valence-electron chi connectivity index (χ2n) is 5.60. The van der Waals surface area contributed by atoms with E-state index in [4.69, 9.17) is 16.1 Å². The Kier molecular flexibility index (Phi) is 4.07. The predicted octanol–water partition coefficient (Wildman–Crippen LogP) is 4.31. The maximum absolute atomic E-state index is 12.6. The SMILES string of the molecule is Cc1cc(C2CCCN2C(=O)Nc2cc(Cl)ccc2C)no1. The van der Waals surface area contributed by atoms with Gasteiger partial charge >= 0.3 is 6.03 Å². The lowest BCUT2D eigenvalue weighted by Crippen LogP contribution is -2.34. The van der Waals surface area contributed by atoms with Crippen molar-refractivity contribution < 1.29 is 9.32 Å². The predicted molar refractivity (Wildman–Crippen MR) is 85.1 cm³/mol. The standard InChI is InChI=1S/C16H18ClN3O2/c1-10-5-6-12(17)9-13(10)18-16(21)20-7-3-4-15(20)14-8-11(2)22-19-14/h5-6,8-9,15H,3-4,7H2,1-2H3,(H,18,21). The van der Waals surface area contributed by atoms with Crippen molar-refractivity contribution in [3.63, 3.8) is 0 Å². The van der Waals surface area contributed by atoms with Gasteiger partial charge in [-0.3, -0.25) is 0 Å². The van der Waals surface area contributed by atoms with Crippen LogP contribution in [0.4, 0.5) is 10.5 Å². The van der Waals surface area contributed by atoms with E-state index in [9.17, 15) is 4.79 Å². The lowest BCUT2D eigenvalue weighted by molar-refractivity contribution is 0.204. The van der Waals surface area contributed by atoms with E-state index in [0.29, 0.717) is 11.6 Å². The summed E-state index contributed by atoms with van der Waals surface area (Å²) in [7, 11) is 0. The molecule has 3 rings (SSSR count). The first-order valence-electron chi connectivity index (χ1n) is 7.31. The summed E-state index contributed by atoms with van der Waals surface area (Å²) in [4.78, 5) is 14.4. The van der Waals surface area contributed by atoms with Crippen LogP contribution in [-0.2, 0) is 0 Å². The van der Waals surface area contributed by atoms with Crippen molar-refractivity contribution in [1.29, 1.82) is 0 Å². The van der Waals surface area contributed by atoms with E-state index in [2.05, 4.69) is 10.5 Å². The molecule has 5 nitrogen and oxygen atoms in total. The number of aryl methyl sites for hydroxylation is 2. The monoisotopic (exact) mass is 319 g/mol. The van der Waals surface area contributed by atoms with Crippen LogP contribution in [0.1, 0.15) is 35.9 Å². The quantitative estimate of drug-likeness (QED) is 0.897. The summed E-state index contributed by atoms with van der Waals surface area (Å²) < 4.78 is 5.13. The molecule has 1 aromatic heterocycles. The minimum atomic E-state index is -0.131. The number of urea groups is 1. The fourth-order valence-electron chi connectivity index (χ4n) is 2.78. The summed E-state index contributed by atoms with van der Waals surface area (Å²) in [6.45, 7) is 4.50. The van der Waals surface area contributed by atoms with E-state index in [-0.39, 0.29) is 12.1 Å². The molecule has 0 saturated carbocycles. The third-order valence-electron chi connectivity index (χ3n) is 3.94. The number of nitrogens with one attached hydrogen (secondary N) is 1.